The molecule has 1 atom stereocenters. The summed E-state index contributed by atoms with van der Waals surface area (Å²) in [6.07, 6.45) is -2.68. The molecule has 0 amide bonds. The number of alkyl halides is 3. The van der Waals surface area contributed by atoms with Crippen molar-refractivity contribution < 1.29 is 17.9 Å². The molecule has 1 saturated heterocycles. The van der Waals surface area contributed by atoms with Gasteiger partial charge < -0.3 is 15.0 Å². The van der Waals surface area contributed by atoms with Crippen LogP contribution in [0.5, 0.6) is 0 Å². The standard InChI is InChI=1S/C17H24F3N3O.HI/c1-21-16(22-9-5-11-24-13-17(18,19)20)23-10-8-15(12-23)14-6-3-2-4-7-14;/h2-4,6-7,15H,5,8-13H2,1H3,(H,21,22);1H. The first kappa shape index (κ1) is 22.0. The van der Waals surface area contributed by atoms with Crippen LogP contribution in [0, 0.1) is 0 Å². The molecule has 1 heterocycles. The number of halogens is 4. The maximum Gasteiger partial charge on any atom is 0.411 e. The van der Waals surface area contributed by atoms with Crippen molar-refractivity contribution in [3.63, 3.8) is 0 Å². The topological polar surface area (TPSA) is 36.9 Å². The number of nitrogens with one attached hydrogen (secondary N) is 1. The summed E-state index contributed by atoms with van der Waals surface area (Å²) in [6, 6.07) is 10.4. The van der Waals surface area contributed by atoms with E-state index in [0.29, 0.717) is 18.9 Å². The van der Waals surface area contributed by atoms with Crippen molar-refractivity contribution in [2.75, 3.05) is 39.9 Å². The number of hydrogen-bond acceptors (Lipinski definition) is 2. The zero-order chi connectivity index (χ0) is 17.4. The number of aliphatic imine (C=N–C) groups is 1. The van der Waals surface area contributed by atoms with Crippen molar-refractivity contribution in [2.24, 2.45) is 4.99 Å². The van der Waals surface area contributed by atoms with Gasteiger partial charge in [-0.2, -0.15) is 13.2 Å². The zero-order valence-corrected chi connectivity index (χ0v) is 16.6. The second-order valence-electron chi connectivity index (χ2n) is 5.84. The van der Waals surface area contributed by atoms with Gasteiger partial charge in [-0.25, -0.2) is 0 Å². The molecule has 1 N–H and O–H groups in total. The van der Waals surface area contributed by atoms with Gasteiger partial charge in [0, 0.05) is 39.2 Å². The van der Waals surface area contributed by atoms with Crippen LogP contribution < -0.4 is 5.32 Å². The van der Waals surface area contributed by atoms with Crippen molar-refractivity contribution >= 4 is 29.9 Å². The second-order valence-corrected chi connectivity index (χ2v) is 5.84. The molecule has 4 nitrogen and oxygen atoms in total. The Morgan fingerprint density at radius 3 is 2.68 bits per heavy atom. The summed E-state index contributed by atoms with van der Waals surface area (Å²) in [5, 5.41) is 3.20. The zero-order valence-electron chi connectivity index (χ0n) is 14.3. The van der Waals surface area contributed by atoms with E-state index in [4.69, 9.17) is 0 Å². The molecule has 0 aromatic heterocycles. The molecule has 1 aromatic carbocycles. The summed E-state index contributed by atoms with van der Waals surface area (Å²) < 4.78 is 40.5. The van der Waals surface area contributed by atoms with Crippen molar-refractivity contribution in [1.29, 1.82) is 0 Å². The van der Waals surface area contributed by atoms with Gasteiger partial charge in [0.15, 0.2) is 5.96 Å². The number of guanidine groups is 1. The predicted octanol–water partition coefficient (Wildman–Crippen LogP) is 3.64. The van der Waals surface area contributed by atoms with Crippen LogP contribution >= 0.6 is 24.0 Å². The van der Waals surface area contributed by atoms with Gasteiger partial charge in [-0.15, -0.1) is 24.0 Å². The maximum absolute atomic E-state index is 12.0. The first-order chi connectivity index (χ1) is 11.5. The molecule has 0 radical (unpaired) electrons. The molecule has 0 saturated carbocycles. The fourth-order valence-corrected chi connectivity index (χ4v) is 2.84. The van der Waals surface area contributed by atoms with Crippen LogP contribution in [0.1, 0.15) is 24.3 Å². The molecule has 142 valence electrons. The van der Waals surface area contributed by atoms with Gasteiger partial charge in [-0.3, -0.25) is 4.99 Å². The number of rotatable bonds is 6. The van der Waals surface area contributed by atoms with Gasteiger partial charge in [0.05, 0.1) is 0 Å². The van der Waals surface area contributed by atoms with Crippen LogP contribution in [-0.4, -0.2) is 56.9 Å². The van der Waals surface area contributed by atoms with Crippen LogP contribution in [0.2, 0.25) is 0 Å². The average Bonchev–Trinajstić information content (AvgIpc) is 3.04. The van der Waals surface area contributed by atoms with Crippen molar-refractivity contribution in [3.05, 3.63) is 35.9 Å². The highest BCUT2D eigenvalue weighted by atomic mass is 127. The molecule has 2 rings (SSSR count). The Bertz CT molecular complexity index is 526. The van der Waals surface area contributed by atoms with Crippen molar-refractivity contribution in [3.8, 4) is 0 Å². The van der Waals surface area contributed by atoms with Crippen LogP contribution in [0.25, 0.3) is 0 Å². The molecule has 0 spiro atoms. The Labute approximate surface area is 163 Å². The first-order valence-electron chi connectivity index (χ1n) is 8.14. The molecule has 1 unspecified atom stereocenters. The highest BCUT2D eigenvalue weighted by molar-refractivity contribution is 14.0. The molecule has 1 aliphatic heterocycles. The summed E-state index contributed by atoms with van der Waals surface area (Å²) in [5.41, 5.74) is 1.33. The largest absolute Gasteiger partial charge is 0.411 e. The van der Waals surface area contributed by atoms with Crippen LogP contribution in [0.4, 0.5) is 13.2 Å². The summed E-state index contributed by atoms with van der Waals surface area (Å²) in [6.45, 7) is 1.25. The molecule has 0 aliphatic carbocycles. The quantitative estimate of drug-likeness (QED) is 0.298. The van der Waals surface area contributed by atoms with E-state index < -0.39 is 12.8 Å². The fourth-order valence-electron chi connectivity index (χ4n) is 2.84. The average molecular weight is 471 g/mol. The molecule has 1 aromatic rings. The Balaban J connectivity index is 0.00000312. The molecular weight excluding hydrogens is 446 g/mol. The normalized spacial score (nSPS) is 18.2. The number of hydrogen-bond donors (Lipinski definition) is 1. The number of nitrogens with zero attached hydrogens (tertiary/aromatic N) is 2. The van der Waals surface area contributed by atoms with Crippen LogP contribution in [-0.2, 0) is 4.74 Å². The van der Waals surface area contributed by atoms with Gasteiger partial charge >= 0.3 is 6.18 Å². The summed E-state index contributed by atoms with van der Waals surface area (Å²) >= 11 is 0. The lowest BCUT2D eigenvalue weighted by Crippen LogP contribution is -2.40. The van der Waals surface area contributed by atoms with E-state index in [2.05, 4.69) is 32.1 Å². The Morgan fingerprint density at radius 1 is 1.32 bits per heavy atom. The van der Waals surface area contributed by atoms with Gasteiger partial charge in [-0.1, -0.05) is 30.3 Å². The highest BCUT2D eigenvalue weighted by Gasteiger charge is 2.27. The third kappa shape index (κ3) is 7.81. The van der Waals surface area contributed by atoms with Crippen molar-refractivity contribution in [2.45, 2.75) is 24.9 Å². The Kier molecular flexibility index (Phi) is 9.55. The third-order valence-electron chi connectivity index (χ3n) is 3.98. The maximum atomic E-state index is 12.0. The van der Waals surface area contributed by atoms with E-state index in [1.54, 1.807) is 7.05 Å². The van der Waals surface area contributed by atoms with E-state index >= 15 is 0 Å². The van der Waals surface area contributed by atoms with E-state index in [1.165, 1.54) is 5.56 Å². The summed E-state index contributed by atoms with van der Waals surface area (Å²) in [5.74, 6) is 1.28. The van der Waals surface area contributed by atoms with Gasteiger partial charge in [0.25, 0.3) is 0 Å². The smallest absolute Gasteiger partial charge is 0.372 e. The Hall–Kier alpha value is -1.03. The van der Waals surface area contributed by atoms with E-state index in [-0.39, 0.29) is 30.6 Å². The highest BCUT2D eigenvalue weighted by Crippen LogP contribution is 2.26. The molecular formula is C17H25F3IN3O. The van der Waals surface area contributed by atoms with Gasteiger partial charge in [0.1, 0.15) is 6.61 Å². The monoisotopic (exact) mass is 471 g/mol. The fraction of sp³-hybridized carbons (Fsp3) is 0.588. The minimum absolute atomic E-state index is 0. The van der Waals surface area contributed by atoms with Gasteiger partial charge in [-0.05, 0) is 18.4 Å². The van der Waals surface area contributed by atoms with Gasteiger partial charge in [0.2, 0.25) is 0 Å². The number of benzene rings is 1. The molecule has 1 aliphatic rings. The summed E-state index contributed by atoms with van der Waals surface area (Å²) in [4.78, 5) is 6.45. The molecule has 8 heteroatoms. The van der Waals surface area contributed by atoms with E-state index in [1.807, 2.05) is 18.2 Å². The lowest BCUT2D eigenvalue weighted by Gasteiger charge is -2.22. The molecule has 25 heavy (non-hydrogen) atoms. The second kappa shape index (κ2) is 10.8. The predicted molar refractivity (Wildman–Crippen MR) is 104 cm³/mol. The van der Waals surface area contributed by atoms with E-state index in [9.17, 15) is 13.2 Å². The first-order valence-corrected chi connectivity index (χ1v) is 8.14. The molecule has 0 bridgehead atoms. The van der Waals surface area contributed by atoms with Crippen LogP contribution in [0.3, 0.4) is 0 Å². The van der Waals surface area contributed by atoms with Crippen molar-refractivity contribution in [1.82, 2.24) is 10.2 Å². The third-order valence-corrected chi connectivity index (χ3v) is 3.98. The minimum atomic E-state index is -4.26. The number of likely N-dealkylation sites (tertiary alicyclic amines) is 1. The van der Waals surface area contributed by atoms with E-state index in [0.717, 1.165) is 25.5 Å². The SMILES string of the molecule is CN=C(NCCCOCC(F)(F)F)N1CCC(c2ccccc2)C1.I. The summed E-state index contributed by atoms with van der Waals surface area (Å²) in [7, 11) is 1.72. The lowest BCUT2D eigenvalue weighted by molar-refractivity contribution is -0.173. The number of ether oxygens (including phenoxy) is 1. The Morgan fingerprint density at radius 2 is 2.04 bits per heavy atom. The lowest BCUT2D eigenvalue weighted by atomic mass is 9.99. The molecule has 1 fully saturated rings. The van der Waals surface area contributed by atoms with Crippen LogP contribution in [0.15, 0.2) is 35.3 Å². The minimum Gasteiger partial charge on any atom is -0.372 e.